The molecular weight excluding hydrogens is 262 g/mol. The molecule has 0 aliphatic carbocycles. The van der Waals surface area contributed by atoms with Crippen LogP contribution in [-0.2, 0) is 0 Å². The molecule has 0 bridgehead atoms. The minimum atomic E-state index is 0.890. The fraction of sp³-hybridized carbons (Fsp3) is 0.143. The van der Waals surface area contributed by atoms with E-state index in [1.807, 2.05) is 12.1 Å². The number of hydrogen-bond acceptors (Lipinski definition) is 4. The average Bonchev–Trinajstić information content (AvgIpc) is 2.81. The molecule has 1 heterocycles. The second kappa shape index (κ2) is 4.78. The van der Waals surface area contributed by atoms with Crippen molar-refractivity contribution in [2.24, 2.45) is 0 Å². The van der Waals surface area contributed by atoms with Crippen LogP contribution in [-0.4, -0.2) is 7.11 Å². The molecule has 1 aliphatic rings. The molecule has 0 unspecified atom stereocenters. The zero-order chi connectivity index (χ0) is 12.5. The lowest BCUT2D eigenvalue weighted by atomic mass is 10.2. The molecule has 2 aromatic rings. The normalized spacial score (nSPS) is 13.6. The molecule has 0 saturated heterocycles. The molecule has 0 aromatic heterocycles. The smallest absolute Gasteiger partial charge is 0.119 e. The minimum absolute atomic E-state index is 0.890. The summed E-state index contributed by atoms with van der Waals surface area (Å²) in [7, 11) is 1.69. The second-order valence-electron chi connectivity index (χ2n) is 4.09. The maximum Gasteiger partial charge on any atom is 0.119 e. The first-order valence-electron chi connectivity index (χ1n) is 5.67. The predicted octanol–water partition coefficient (Wildman–Crippen LogP) is 4.54. The lowest BCUT2D eigenvalue weighted by Crippen LogP contribution is -1.97. The third kappa shape index (κ3) is 2.18. The van der Waals surface area contributed by atoms with Gasteiger partial charge in [-0.15, -0.1) is 0 Å². The zero-order valence-corrected chi connectivity index (χ0v) is 11.8. The number of rotatable bonds is 2. The third-order valence-electron chi connectivity index (χ3n) is 2.74. The standard InChI is InChI=1S/C14H13NOS2/c1-10-3-8-13-14(9-10)18-15(17-13)11-4-6-12(16-2)7-5-11/h3-9H,1-2H3. The van der Waals surface area contributed by atoms with Gasteiger partial charge in [0.15, 0.2) is 0 Å². The highest BCUT2D eigenvalue weighted by atomic mass is 32.2. The summed E-state index contributed by atoms with van der Waals surface area (Å²) >= 11 is 3.54. The maximum absolute atomic E-state index is 5.18. The van der Waals surface area contributed by atoms with Gasteiger partial charge >= 0.3 is 0 Å². The largest absolute Gasteiger partial charge is 0.497 e. The number of methoxy groups -OCH3 is 1. The Labute approximate surface area is 116 Å². The Balaban J connectivity index is 1.84. The Bertz CT molecular complexity index is 569. The molecule has 1 aliphatic heterocycles. The second-order valence-corrected chi connectivity index (χ2v) is 6.29. The van der Waals surface area contributed by atoms with Crippen molar-refractivity contribution in [3.8, 4) is 5.75 Å². The Hall–Kier alpha value is -1.26. The van der Waals surface area contributed by atoms with Crippen molar-refractivity contribution in [2.75, 3.05) is 10.8 Å². The summed E-state index contributed by atoms with van der Waals surface area (Å²) in [5.41, 5.74) is 2.48. The van der Waals surface area contributed by atoms with Gasteiger partial charge in [0.05, 0.1) is 12.8 Å². The Kier molecular flexibility index (Phi) is 3.14. The van der Waals surface area contributed by atoms with E-state index in [1.54, 1.807) is 31.0 Å². The van der Waals surface area contributed by atoms with Crippen LogP contribution >= 0.6 is 23.9 Å². The number of nitrogens with zero attached hydrogens (tertiary/aromatic N) is 1. The quantitative estimate of drug-likeness (QED) is 0.746. The van der Waals surface area contributed by atoms with Crippen LogP contribution in [0.15, 0.2) is 52.3 Å². The number of aryl methyl sites for hydroxylation is 1. The fourth-order valence-corrected chi connectivity index (χ4v) is 4.11. The summed E-state index contributed by atoms with van der Waals surface area (Å²) in [6.07, 6.45) is 0. The van der Waals surface area contributed by atoms with Crippen LogP contribution < -0.4 is 8.45 Å². The van der Waals surface area contributed by atoms with Gasteiger partial charge in [-0.1, -0.05) is 6.07 Å². The van der Waals surface area contributed by atoms with Crippen molar-refractivity contribution < 1.29 is 4.74 Å². The molecule has 0 atom stereocenters. The van der Waals surface area contributed by atoms with E-state index in [4.69, 9.17) is 4.74 Å². The van der Waals surface area contributed by atoms with E-state index in [0.717, 1.165) is 5.75 Å². The van der Waals surface area contributed by atoms with Crippen molar-refractivity contribution >= 4 is 29.6 Å². The number of ether oxygens (including phenoxy) is 1. The summed E-state index contributed by atoms with van der Waals surface area (Å²) in [4.78, 5) is 2.65. The monoisotopic (exact) mass is 275 g/mol. The highest BCUT2D eigenvalue weighted by molar-refractivity contribution is 8.20. The number of fused-ring (bicyclic) bond motifs is 1. The Morgan fingerprint density at radius 1 is 0.944 bits per heavy atom. The lowest BCUT2D eigenvalue weighted by Gasteiger charge is -2.14. The van der Waals surface area contributed by atoms with E-state index in [2.05, 4.69) is 41.0 Å². The van der Waals surface area contributed by atoms with Gasteiger partial charge in [0.1, 0.15) is 5.75 Å². The Morgan fingerprint density at radius 3 is 2.39 bits per heavy atom. The van der Waals surface area contributed by atoms with Crippen LogP contribution in [0.3, 0.4) is 0 Å². The van der Waals surface area contributed by atoms with Crippen LogP contribution in [0.4, 0.5) is 5.69 Å². The van der Waals surface area contributed by atoms with E-state index in [9.17, 15) is 0 Å². The highest BCUT2D eigenvalue weighted by Gasteiger charge is 2.21. The molecule has 0 N–H and O–H groups in total. The van der Waals surface area contributed by atoms with Gasteiger partial charge in [0.2, 0.25) is 0 Å². The Morgan fingerprint density at radius 2 is 1.67 bits per heavy atom. The molecule has 0 fully saturated rings. The van der Waals surface area contributed by atoms with E-state index < -0.39 is 0 Å². The summed E-state index contributed by atoms with van der Waals surface area (Å²) < 4.78 is 7.40. The van der Waals surface area contributed by atoms with Crippen molar-refractivity contribution in [3.05, 3.63) is 48.0 Å². The molecule has 0 spiro atoms. The van der Waals surface area contributed by atoms with Crippen molar-refractivity contribution in [2.45, 2.75) is 16.7 Å². The van der Waals surface area contributed by atoms with E-state index in [0.29, 0.717) is 0 Å². The topological polar surface area (TPSA) is 12.5 Å². The van der Waals surface area contributed by atoms with E-state index >= 15 is 0 Å². The summed E-state index contributed by atoms with van der Waals surface area (Å²) in [6, 6.07) is 14.7. The van der Waals surface area contributed by atoms with Crippen LogP contribution in [0, 0.1) is 6.92 Å². The molecule has 18 heavy (non-hydrogen) atoms. The molecule has 4 heteroatoms. The van der Waals surface area contributed by atoms with Gasteiger partial charge in [0, 0.05) is 33.7 Å². The molecule has 2 nitrogen and oxygen atoms in total. The molecule has 0 amide bonds. The molecule has 0 saturated carbocycles. The van der Waals surface area contributed by atoms with Crippen molar-refractivity contribution in [1.29, 1.82) is 0 Å². The minimum Gasteiger partial charge on any atom is -0.497 e. The lowest BCUT2D eigenvalue weighted by molar-refractivity contribution is 0.415. The molecule has 92 valence electrons. The molecular formula is C14H13NOS2. The van der Waals surface area contributed by atoms with Gasteiger partial charge in [-0.2, -0.15) is 0 Å². The number of benzene rings is 2. The van der Waals surface area contributed by atoms with Crippen LogP contribution in [0.5, 0.6) is 5.75 Å². The third-order valence-corrected chi connectivity index (χ3v) is 5.16. The van der Waals surface area contributed by atoms with Crippen molar-refractivity contribution in [1.82, 2.24) is 0 Å². The molecule has 3 rings (SSSR count). The van der Waals surface area contributed by atoms with Crippen LogP contribution in [0.2, 0.25) is 0 Å². The first kappa shape index (κ1) is 11.8. The summed E-state index contributed by atoms with van der Waals surface area (Å²) in [5.74, 6) is 0.890. The summed E-state index contributed by atoms with van der Waals surface area (Å²) in [5, 5.41) is 0. The van der Waals surface area contributed by atoms with Gasteiger partial charge in [-0.05, 0) is 48.9 Å². The number of hydrogen-bond donors (Lipinski definition) is 0. The SMILES string of the molecule is COc1ccc(N2Sc3ccc(C)cc3S2)cc1. The molecule has 0 radical (unpaired) electrons. The molecule has 2 aromatic carbocycles. The van der Waals surface area contributed by atoms with E-state index in [-0.39, 0.29) is 0 Å². The maximum atomic E-state index is 5.18. The van der Waals surface area contributed by atoms with Gasteiger partial charge in [0.25, 0.3) is 0 Å². The van der Waals surface area contributed by atoms with Crippen LogP contribution in [0.25, 0.3) is 0 Å². The zero-order valence-electron chi connectivity index (χ0n) is 10.2. The number of anilines is 1. The first-order valence-corrected chi connectivity index (χ1v) is 7.22. The van der Waals surface area contributed by atoms with Gasteiger partial charge in [-0.25, -0.2) is 3.71 Å². The highest BCUT2D eigenvalue weighted by Crippen LogP contribution is 2.49. The van der Waals surface area contributed by atoms with Crippen LogP contribution in [0.1, 0.15) is 5.56 Å². The predicted molar refractivity (Wildman–Crippen MR) is 78.4 cm³/mol. The van der Waals surface area contributed by atoms with Gasteiger partial charge < -0.3 is 4.74 Å². The van der Waals surface area contributed by atoms with Gasteiger partial charge in [-0.3, -0.25) is 0 Å². The first-order chi connectivity index (χ1) is 8.76. The van der Waals surface area contributed by atoms with Crippen molar-refractivity contribution in [3.63, 3.8) is 0 Å². The average molecular weight is 275 g/mol. The summed E-state index contributed by atoms with van der Waals surface area (Å²) in [6.45, 7) is 2.13. The fourth-order valence-electron chi connectivity index (χ4n) is 1.77. The van der Waals surface area contributed by atoms with E-state index in [1.165, 1.54) is 21.0 Å².